The number of aryl methyl sites for hydroxylation is 1. The molecule has 8 nitrogen and oxygen atoms in total. The molecule has 0 saturated carbocycles. The molecule has 9 heteroatoms. The number of anilines is 1. The van der Waals surface area contributed by atoms with Crippen molar-refractivity contribution in [2.24, 2.45) is 7.05 Å². The Balaban J connectivity index is 1.41. The van der Waals surface area contributed by atoms with Gasteiger partial charge < -0.3 is 4.90 Å². The highest BCUT2D eigenvalue weighted by molar-refractivity contribution is 7.97. The Morgan fingerprint density at radius 2 is 1.94 bits per heavy atom. The Bertz CT molecular complexity index is 1360. The Kier molecular flexibility index (Phi) is 5.84. The topological polar surface area (TPSA) is 71.6 Å². The molecule has 0 spiro atoms. The maximum atomic E-state index is 12.7. The van der Waals surface area contributed by atoms with Crippen molar-refractivity contribution in [2.45, 2.75) is 31.7 Å². The highest BCUT2D eigenvalue weighted by Gasteiger charge is 2.29. The standard InChI is InChI=1S/C24H29N7OS/c1-16-13-29(17(2)18-5-6-20-21(11-18)26-8-7-25-20)9-10-30(16)22-12-23(32)28(3)31-14-19(15-33-4)27-24(22)31/h5-8,11-12,14,16-17H,9-10,13,15H2,1-4H3. The molecule has 0 aliphatic carbocycles. The summed E-state index contributed by atoms with van der Waals surface area (Å²) in [4.78, 5) is 31.2. The number of piperazine rings is 1. The first-order chi connectivity index (χ1) is 16.0. The third-order valence-electron chi connectivity index (χ3n) is 6.65. The van der Waals surface area contributed by atoms with E-state index in [9.17, 15) is 4.79 Å². The van der Waals surface area contributed by atoms with Gasteiger partial charge in [0.2, 0.25) is 0 Å². The number of thioether (sulfide) groups is 1. The number of benzene rings is 1. The van der Waals surface area contributed by atoms with Crippen LogP contribution in [0.25, 0.3) is 16.7 Å². The normalized spacial score (nSPS) is 18.3. The number of fused-ring (bicyclic) bond motifs is 2. The molecule has 2 atom stereocenters. The molecule has 0 bridgehead atoms. The van der Waals surface area contributed by atoms with Crippen LogP contribution in [0.3, 0.4) is 0 Å². The fourth-order valence-electron chi connectivity index (χ4n) is 4.78. The number of hydrogen-bond acceptors (Lipinski definition) is 7. The number of imidazole rings is 1. The van der Waals surface area contributed by atoms with Crippen molar-refractivity contribution in [1.82, 2.24) is 29.0 Å². The first-order valence-corrected chi connectivity index (χ1v) is 12.6. The van der Waals surface area contributed by atoms with E-state index in [1.807, 2.05) is 10.7 Å². The Hall–Kier alpha value is -2.91. The van der Waals surface area contributed by atoms with E-state index in [4.69, 9.17) is 4.98 Å². The molecule has 1 aliphatic heterocycles. The highest BCUT2D eigenvalue weighted by atomic mass is 32.2. The molecule has 33 heavy (non-hydrogen) atoms. The van der Waals surface area contributed by atoms with E-state index in [1.54, 1.807) is 42.0 Å². The minimum Gasteiger partial charge on any atom is -0.363 e. The summed E-state index contributed by atoms with van der Waals surface area (Å²) >= 11 is 1.73. The smallest absolute Gasteiger partial charge is 0.267 e. The average Bonchev–Trinajstić information content (AvgIpc) is 3.25. The third-order valence-corrected chi connectivity index (χ3v) is 7.24. The van der Waals surface area contributed by atoms with Gasteiger partial charge in [-0.1, -0.05) is 6.07 Å². The summed E-state index contributed by atoms with van der Waals surface area (Å²) < 4.78 is 3.52. The van der Waals surface area contributed by atoms with Crippen molar-refractivity contribution in [1.29, 1.82) is 0 Å². The Labute approximate surface area is 197 Å². The molecule has 1 saturated heterocycles. The molecule has 3 aromatic heterocycles. The van der Waals surface area contributed by atoms with Crippen LogP contribution in [0.15, 0.2) is 47.7 Å². The molecule has 2 unspecified atom stereocenters. The molecule has 0 radical (unpaired) electrons. The Morgan fingerprint density at radius 3 is 2.70 bits per heavy atom. The molecule has 1 fully saturated rings. The van der Waals surface area contributed by atoms with Gasteiger partial charge in [-0.15, -0.1) is 0 Å². The van der Waals surface area contributed by atoms with Gasteiger partial charge in [0, 0.05) is 63.0 Å². The lowest BCUT2D eigenvalue weighted by atomic mass is 10.0. The molecule has 4 aromatic rings. The summed E-state index contributed by atoms with van der Waals surface area (Å²) in [6, 6.07) is 8.60. The number of rotatable bonds is 5. The van der Waals surface area contributed by atoms with Gasteiger partial charge in [-0.25, -0.2) is 14.2 Å². The first-order valence-electron chi connectivity index (χ1n) is 11.2. The molecular formula is C24H29N7OS. The lowest BCUT2D eigenvalue weighted by molar-refractivity contribution is 0.176. The minimum absolute atomic E-state index is 0.0223. The lowest BCUT2D eigenvalue weighted by Crippen LogP contribution is -2.53. The van der Waals surface area contributed by atoms with Gasteiger partial charge >= 0.3 is 0 Å². The summed E-state index contributed by atoms with van der Waals surface area (Å²) in [6.45, 7) is 7.12. The molecule has 4 heterocycles. The van der Waals surface area contributed by atoms with Gasteiger partial charge in [0.1, 0.15) is 0 Å². The summed E-state index contributed by atoms with van der Waals surface area (Å²) in [5.41, 5.74) is 5.83. The van der Waals surface area contributed by atoms with E-state index in [0.717, 1.165) is 53.4 Å². The zero-order valence-corrected chi connectivity index (χ0v) is 20.3. The number of hydrogen-bond donors (Lipinski definition) is 0. The van der Waals surface area contributed by atoms with E-state index in [-0.39, 0.29) is 17.6 Å². The van der Waals surface area contributed by atoms with Gasteiger partial charge in [-0.05, 0) is 37.8 Å². The van der Waals surface area contributed by atoms with Gasteiger partial charge in [0.25, 0.3) is 5.56 Å². The maximum Gasteiger partial charge on any atom is 0.267 e. The van der Waals surface area contributed by atoms with Gasteiger partial charge in [0.05, 0.1) is 28.6 Å². The van der Waals surface area contributed by atoms with E-state index in [0.29, 0.717) is 0 Å². The fourth-order valence-corrected chi connectivity index (χ4v) is 5.21. The Morgan fingerprint density at radius 1 is 1.15 bits per heavy atom. The molecule has 1 aromatic carbocycles. The van der Waals surface area contributed by atoms with Crippen molar-refractivity contribution in [3.63, 3.8) is 0 Å². The second-order valence-electron chi connectivity index (χ2n) is 8.74. The van der Waals surface area contributed by atoms with E-state index < -0.39 is 0 Å². The van der Waals surface area contributed by atoms with Crippen molar-refractivity contribution in [2.75, 3.05) is 30.8 Å². The van der Waals surface area contributed by atoms with Crippen molar-refractivity contribution < 1.29 is 0 Å². The van der Waals surface area contributed by atoms with E-state index in [1.165, 1.54) is 5.56 Å². The largest absolute Gasteiger partial charge is 0.363 e. The zero-order chi connectivity index (χ0) is 23.1. The minimum atomic E-state index is -0.0223. The van der Waals surface area contributed by atoms with Crippen LogP contribution in [0.2, 0.25) is 0 Å². The summed E-state index contributed by atoms with van der Waals surface area (Å²) in [5, 5.41) is 0. The van der Waals surface area contributed by atoms with Crippen molar-refractivity contribution in [3.8, 4) is 0 Å². The second-order valence-corrected chi connectivity index (χ2v) is 9.61. The second kappa shape index (κ2) is 8.79. The van der Waals surface area contributed by atoms with Crippen LogP contribution in [0.1, 0.15) is 31.1 Å². The summed E-state index contributed by atoms with van der Waals surface area (Å²) in [5.74, 6) is 0.826. The predicted octanol–water partition coefficient (Wildman–Crippen LogP) is 3.11. The lowest BCUT2D eigenvalue weighted by Gasteiger charge is -2.43. The molecule has 1 aliphatic rings. The van der Waals surface area contributed by atoms with Crippen LogP contribution in [-0.4, -0.2) is 61.0 Å². The van der Waals surface area contributed by atoms with Crippen LogP contribution in [-0.2, 0) is 12.8 Å². The average molecular weight is 464 g/mol. The summed E-state index contributed by atoms with van der Waals surface area (Å²) in [7, 11) is 1.79. The molecular weight excluding hydrogens is 434 g/mol. The maximum absolute atomic E-state index is 12.7. The monoisotopic (exact) mass is 463 g/mol. The van der Waals surface area contributed by atoms with Crippen molar-refractivity contribution in [3.05, 3.63) is 64.5 Å². The third kappa shape index (κ3) is 4.00. The zero-order valence-electron chi connectivity index (χ0n) is 19.5. The van der Waals surface area contributed by atoms with Crippen LogP contribution in [0.5, 0.6) is 0 Å². The van der Waals surface area contributed by atoms with Gasteiger partial charge in [-0.3, -0.25) is 19.7 Å². The van der Waals surface area contributed by atoms with Crippen LogP contribution < -0.4 is 10.5 Å². The number of aromatic nitrogens is 5. The fraction of sp³-hybridized carbons (Fsp3) is 0.417. The van der Waals surface area contributed by atoms with Gasteiger partial charge in [-0.2, -0.15) is 11.8 Å². The van der Waals surface area contributed by atoms with Crippen LogP contribution in [0, 0.1) is 0 Å². The first kappa shape index (κ1) is 21.9. The predicted molar refractivity (Wildman–Crippen MR) is 134 cm³/mol. The molecule has 0 N–H and O–H groups in total. The van der Waals surface area contributed by atoms with Gasteiger partial charge in [0.15, 0.2) is 5.65 Å². The van der Waals surface area contributed by atoms with E-state index in [2.05, 4.69) is 58.1 Å². The number of nitrogens with zero attached hydrogens (tertiary/aromatic N) is 7. The summed E-state index contributed by atoms with van der Waals surface area (Å²) in [6.07, 6.45) is 7.50. The molecule has 0 amide bonds. The van der Waals surface area contributed by atoms with E-state index >= 15 is 0 Å². The quantitative estimate of drug-likeness (QED) is 0.450. The molecule has 172 valence electrons. The highest BCUT2D eigenvalue weighted by Crippen LogP contribution is 2.29. The SMILES string of the molecule is CSCc1cn2c(n1)c(N1CCN(C(C)c3ccc4nccnc4c3)CC1C)cc(=O)n2C. The van der Waals surface area contributed by atoms with Crippen molar-refractivity contribution >= 4 is 34.1 Å². The molecule has 5 rings (SSSR count). The van der Waals surface area contributed by atoms with Crippen LogP contribution >= 0.6 is 11.8 Å². The van der Waals surface area contributed by atoms with Crippen LogP contribution in [0.4, 0.5) is 5.69 Å².